The summed E-state index contributed by atoms with van der Waals surface area (Å²) in [4.78, 5) is 0. The third-order valence-corrected chi connectivity index (χ3v) is 3.88. The van der Waals surface area contributed by atoms with Crippen LogP contribution >= 0.6 is 11.6 Å². The van der Waals surface area contributed by atoms with Crippen molar-refractivity contribution in [3.8, 4) is 11.5 Å². The van der Waals surface area contributed by atoms with Gasteiger partial charge >= 0.3 is 0 Å². The Hall–Kier alpha value is -1.51. The highest BCUT2D eigenvalue weighted by molar-refractivity contribution is 6.30. The van der Waals surface area contributed by atoms with Crippen molar-refractivity contribution in [1.29, 1.82) is 0 Å². The normalized spacial score (nSPS) is 12.4. The molecule has 0 bridgehead atoms. The molecule has 0 heterocycles. The van der Waals surface area contributed by atoms with Gasteiger partial charge in [-0.2, -0.15) is 0 Å². The van der Waals surface area contributed by atoms with E-state index in [-0.39, 0.29) is 0 Å². The summed E-state index contributed by atoms with van der Waals surface area (Å²) in [6, 6.07) is 16.3. The third kappa shape index (κ3) is 5.36. The first kappa shape index (κ1) is 16.9. The van der Waals surface area contributed by atoms with Gasteiger partial charge in [-0.3, -0.25) is 0 Å². The highest BCUT2D eigenvalue weighted by Gasteiger charge is 2.06. The fourth-order valence-corrected chi connectivity index (χ4v) is 2.38. The molecule has 1 atom stereocenters. The summed E-state index contributed by atoms with van der Waals surface area (Å²) in [7, 11) is 0. The molecule has 0 spiro atoms. The second-order valence-corrected chi connectivity index (χ2v) is 6.36. The highest BCUT2D eigenvalue weighted by Crippen LogP contribution is 2.26. The highest BCUT2D eigenvalue weighted by atomic mass is 35.5. The lowest BCUT2D eigenvalue weighted by Gasteiger charge is -2.14. The number of nitrogens with one attached hydrogen (secondary N) is 1. The Balaban J connectivity index is 1.90. The van der Waals surface area contributed by atoms with E-state index in [1.807, 2.05) is 36.4 Å². The van der Waals surface area contributed by atoms with Crippen molar-refractivity contribution in [2.24, 2.45) is 0 Å². The molecule has 2 aromatic carbocycles. The molecule has 0 radical (unpaired) electrons. The van der Waals surface area contributed by atoms with Gasteiger partial charge in [-0.1, -0.05) is 44.5 Å². The number of benzene rings is 2. The number of ether oxygens (including phenoxy) is 1. The smallest absolute Gasteiger partial charge is 0.127 e. The van der Waals surface area contributed by atoms with Crippen molar-refractivity contribution in [2.75, 3.05) is 6.54 Å². The molecule has 118 valence electrons. The second kappa shape index (κ2) is 8.21. The summed E-state index contributed by atoms with van der Waals surface area (Å²) in [5.41, 5.74) is 1.34. The van der Waals surface area contributed by atoms with Crippen LogP contribution in [0.5, 0.6) is 11.5 Å². The first-order valence-corrected chi connectivity index (χ1v) is 8.19. The Labute approximate surface area is 138 Å². The van der Waals surface area contributed by atoms with E-state index in [2.05, 4.69) is 38.2 Å². The summed E-state index contributed by atoms with van der Waals surface area (Å²) in [6.45, 7) is 7.65. The predicted molar refractivity (Wildman–Crippen MR) is 94.1 cm³/mol. The van der Waals surface area contributed by atoms with Gasteiger partial charge in [0, 0.05) is 11.1 Å². The molecule has 0 aliphatic heterocycles. The van der Waals surface area contributed by atoms with Crippen molar-refractivity contribution in [3.05, 3.63) is 59.1 Å². The topological polar surface area (TPSA) is 21.3 Å². The molecule has 0 saturated heterocycles. The van der Waals surface area contributed by atoms with Gasteiger partial charge < -0.3 is 10.1 Å². The SMILES string of the molecule is CC(C)NCCC(C)c1ccc(Oc2ccc(Cl)cc2)cc1. The zero-order chi connectivity index (χ0) is 15.9. The zero-order valence-corrected chi connectivity index (χ0v) is 14.2. The van der Waals surface area contributed by atoms with Crippen LogP contribution in [-0.2, 0) is 0 Å². The van der Waals surface area contributed by atoms with Crippen LogP contribution in [0, 0.1) is 0 Å². The summed E-state index contributed by atoms with van der Waals surface area (Å²) >= 11 is 5.87. The molecule has 0 amide bonds. The largest absolute Gasteiger partial charge is 0.457 e. The van der Waals surface area contributed by atoms with Gasteiger partial charge in [0.2, 0.25) is 0 Å². The van der Waals surface area contributed by atoms with Crippen LogP contribution in [0.3, 0.4) is 0 Å². The maximum absolute atomic E-state index is 5.87. The maximum Gasteiger partial charge on any atom is 0.127 e. The zero-order valence-electron chi connectivity index (χ0n) is 13.5. The maximum atomic E-state index is 5.87. The van der Waals surface area contributed by atoms with Crippen LogP contribution in [0.4, 0.5) is 0 Å². The Bertz CT molecular complexity index is 563. The average molecular weight is 318 g/mol. The standard InChI is InChI=1S/C19H24ClNO/c1-14(2)21-13-12-15(3)16-4-8-18(9-5-16)22-19-10-6-17(20)7-11-19/h4-11,14-15,21H,12-13H2,1-3H3. The van der Waals surface area contributed by atoms with Crippen molar-refractivity contribution in [2.45, 2.75) is 39.2 Å². The molecule has 0 aliphatic rings. The van der Waals surface area contributed by atoms with E-state index < -0.39 is 0 Å². The van der Waals surface area contributed by atoms with Crippen molar-refractivity contribution >= 4 is 11.6 Å². The van der Waals surface area contributed by atoms with E-state index >= 15 is 0 Å². The van der Waals surface area contributed by atoms with E-state index in [4.69, 9.17) is 16.3 Å². The van der Waals surface area contributed by atoms with Gasteiger partial charge in [-0.15, -0.1) is 0 Å². The van der Waals surface area contributed by atoms with Crippen molar-refractivity contribution in [1.82, 2.24) is 5.32 Å². The van der Waals surface area contributed by atoms with Crippen LogP contribution in [-0.4, -0.2) is 12.6 Å². The van der Waals surface area contributed by atoms with E-state index in [1.165, 1.54) is 5.56 Å². The van der Waals surface area contributed by atoms with E-state index in [0.29, 0.717) is 17.0 Å². The molecule has 2 aromatic rings. The minimum Gasteiger partial charge on any atom is -0.457 e. The average Bonchev–Trinajstić information content (AvgIpc) is 2.50. The molecular formula is C19H24ClNO. The minimum absolute atomic E-state index is 0.538. The lowest BCUT2D eigenvalue weighted by atomic mass is 9.98. The molecule has 1 unspecified atom stereocenters. The molecule has 2 nitrogen and oxygen atoms in total. The van der Waals surface area contributed by atoms with E-state index in [9.17, 15) is 0 Å². The van der Waals surface area contributed by atoms with Crippen molar-refractivity contribution in [3.63, 3.8) is 0 Å². The lowest BCUT2D eigenvalue weighted by molar-refractivity contribution is 0.482. The Kier molecular flexibility index (Phi) is 6.29. The molecule has 1 N–H and O–H groups in total. The monoisotopic (exact) mass is 317 g/mol. The molecule has 0 aliphatic carbocycles. The predicted octanol–water partition coefficient (Wildman–Crippen LogP) is 5.62. The van der Waals surface area contributed by atoms with Gasteiger partial charge in [0.1, 0.15) is 11.5 Å². The first-order valence-electron chi connectivity index (χ1n) is 7.81. The molecule has 22 heavy (non-hydrogen) atoms. The molecular weight excluding hydrogens is 294 g/mol. The minimum atomic E-state index is 0.538. The van der Waals surface area contributed by atoms with Gasteiger partial charge in [0.25, 0.3) is 0 Å². The van der Waals surface area contributed by atoms with Crippen LogP contribution in [0.25, 0.3) is 0 Å². The fourth-order valence-electron chi connectivity index (χ4n) is 2.26. The summed E-state index contributed by atoms with van der Waals surface area (Å²) in [6.07, 6.45) is 1.13. The number of halogens is 1. The molecule has 2 rings (SSSR count). The first-order chi connectivity index (χ1) is 10.5. The van der Waals surface area contributed by atoms with Crippen LogP contribution < -0.4 is 10.1 Å². The molecule has 0 aromatic heterocycles. The van der Waals surface area contributed by atoms with E-state index in [1.54, 1.807) is 0 Å². The summed E-state index contributed by atoms with van der Waals surface area (Å²) in [5, 5.41) is 4.17. The second-order valence-electron chi connectivity index (χ2n) is 5.92. The van der Waals surface area contributed by atoms with Gasteiger partial charge in [-0.25, -0.2) is 0 Å². The Morgan fingerprint density at radius 1 is 0.909 bits per heavy atom. The van der Waals surface area contributed by atoms with Crippen LogP contribution in [0.1, 0.15) is 38.7 Å². The van der Waals surface area contributed by atoms with Crippen molar-refractivity contribution < 1.29 is 4.74 Å². The summed E-state index contributed by atoms with van der Waals surface area (Å²) < 4.78 is 5.81. The lowest BCUT2D eigenvalue weighted by Crippen LogP contribution is -2.24. The quantitative estimate of drug-likeness (QED) is 0.715. The Morgan fingerprint density at radius 3 is 2.00 bits per heavy atom. The number of hydrogen-bond acceptors (Lipinski definition) is 2. The third-order valence-electron chi connectivity index (χ3n) is 3.63. The fraction of sp³-hybridized carbons (Fsp3) is 0.368. The van der Waals surface area contributed by atoms with Gasteiger partial charge in [0.15, 0.2) is 0 Å². The van der Waals surface area contributed by atoms with Crippen LogP contribution in [0.15, 0.2) is 48.5 Å². The van der Waals surface area contributed by atoms with E-state index in [0.717, 1.165) is 24.5 Å². The number of hydrogen-bond donors (Lipinski definition) is 1. The van der Waals surface area contributed by atoms with Gasteiger partial charge in [0.05, 0.1) is 0 Å². The molecule has 0 saturated carbocycles. The molecule has 3 heteroatoms. The number of rotatable bonds is 7. The molecule has 0 fully saturated rings. The van der Waals surface area contributed by atoms with Gasteiger partial charge in [-0.05, 0) is 60.8 Å². The van der Waals surface area contributed by atoms with Crippen LogP contribution in [0.2, 0.25) is 5.02 Å². The Morgan fingerprint density at radius 2 is 1.45 bits per heavy atom. The summed E-state index contributed by atoms with van der Waals surface area (Å²) in [5.74, 6) is 2.18.